The molecule has 168 valence electrons. The average molecular weight is 460 g/mol. The Labute approximate surface area is 190 Å². The number of hydrogen-bond acceptors (Lipinski definition) is 4. The van der Waals surface area contributed by atoms with Crippen LogP contribution in [0.15, 0.2) is 42.5 Å². The van der Waals surface area contributed by atoms with Gasteiger partial charge in [0, 0.05) is 24.3 Å². The van der Waals surface area contributed by atoms with Crippen LogP contribution in [0.1, 0.15) is 19.7 Å². The third-order valence-electron chi connectivity index (χ3n) is 5.59. The summed E-state index contributed by atoms with van der Waals surface area (Å²) in [5.41, 5.74) is 7.84. The van der Waals surface area contributed by atoms with E-state index in [1.165, 1.54) is 24.3 Å². The molecule has 1 atom stereocenters. The summed E-state index contributed by atoms with van der Waals surface area (Å²) in [5.74, 6) is 0.303. The standard InChI is InChI=1S/C23H24ClF2N5O/c1-13(2)20(27)23(32)30-9-10-31-19(12-30)29-21(14-3-5-15(25)6-4-14)22(31)28-16-7-8-17(24)18(26)11-16/h3-8,11,13,20,28H,9-10,12,27H2,1-2H3. The maximum absolute atomic E-state index is 14.0. The van der Waals surface area contributed by atoms with Gasteiger partial charge in [0.25, 0.3) is 0 Å². The van der Waals surface area contributed by atoms with Gasteiger partial charge in [0.15, 0.2) is 0 Å². The van der Waals surface area contributed by atoms with E-state index in [4.69, 9.17) is 22.3 Å². The number of aromatic nitrogens is 2. The number of carbonyl (C=O) groups excluding carboxylic acids is 1. The van der Waals surface area contributed by atoms with Crippen molar-refractivity contribution in [3.8, 4) is 11.3 Å². The number of benzene rings is 2. The second-order valence-corrected chi connectivity index (χ2v) is 8.57. The number of nitrogens with zero attached hydrogens (tertiary/aromatic N) is 3. The van der Waals surface area contributed by atoms with Crippen LogP contribution in [0.25, 0.3) is 11.3 Å². The van der Waals surface area contributed by atoms with E-state index in [0.29, 0.717) is 48.2 Å². The minimum absolute atomic E-state index is 0.0241. The molecule has 0 spiro atoms. The van der Waals surface area contributed by atoms with Gasteiger partial charge in [0.1, 0.15) is 29.0 Å². The predicted octanol–water partition coefficient (Wildman–Crippen LogP) is 4.55. The van der Waals surface area contributed by atoms with Crippen LogP contribution in [-0.4, -0.2) is 32.9 Å². The number of fused-ring (bicyclic) bond motifs is 1. The molecule has 32 heavy (non-hydrogen) atoms. The number of carbonyl (C=O) groups is 1. The Hall–Kier alpha value is -2.97. The van der Waals surface area contributed by atoms with Crippen LogP contribution < -0.4 is 11.1 Å². The Morgan fingerprint density at radius 1 is 1.16 bits per heavy atom. The fourth-order valence-corrected chi connectivity index (χ4v) is 3.78. The summed E-state index contributed by atoms with van der Waals surface area (Å²) in [6, 6.07) is 9.84. The van der Waals surface area contributed by atoms with Crippen molar-refractivity contribution in [3.05, 3.63) is 64.9 Å². The quantitative estimate of drug-likeness (QED) is 0.587. The summed E-state index contributed by atoms with van der Waals surface area (Å²) in [5, 5.41) is 3.25. The smallest absolute Gasteiger partial charge is 0.240 e. The van der Waals surface area contributed by atoms with Crippen molar-refractivity contribution in [2.24, 2.45) is 11.7 Å². The van der Waals surface area contributed by atoms with Crippen LogP contribution in [0.4, 0.5) is 20.3 Å². The molecule has 1 unspecified atom stereocenters. The zero-order chi connectivity index (χ0) is 23.0. The molecule has 1 aliphatic heterocycles. The van der Waals surface area contributed by atoms with Gasteiger partial charge in [-0.15, -0.1) is 0 Å². The molecule has 0 radical (unpaired) electrons. The maximum Gasteiger partial charge on any atom is 0.240 e. The van der Waals surface area contributed by atoms with Crippen LogP contribution in [0.5, 0.6) is 0 Å². The molecule has 3 aromatic rings. The number of amides is 1. The third-order valence-corrected chi connectivity index (χ3v) is 5.89. The van der Waals surface area contributed by atoms with Gasteiger partial charge in [-0.2, -0.15) is 0 Å². The van der Waals surface area contributed by atoms with E-state index < -0.39 is 11.9 Å². The lowest BCUT2D eigenvalue weighted by Crippen LogP contribution is -2.49. The first-order chi connectivity index (χ1) is 15.2. The Bertz CT molecular complexity index is 1150. The summed E-state index contributed by atoms with van der Waals surface area (Å²) in [4.78, 5) is 19.2. The second-order valence-electron chi connectivity index (χ2n) is 8.17. The highest BCUT2D eigenvalue weighted by Crippen LogP contribution is 2.34. The van der Waals surface area contributed by atoms with E-state index in [1.807, 2.05) is 18.4 Å². The zero-order valence-corrected chi connectivity index (χ0v) is 18.5. The molecule has 0 fully saturated rings. The van der Waals surface area contributed by atoms with E-state index >= 15 is 0 Å². The first-order valence-electron chi connectivity index (χ1n) is 10.4. The summed E-state index contributed by atoms with van der Waals surface area (Å²) >= 11 is 5.81. The van der Waals surface area contributed by atoms with Crippen molar-refractivity contribution >= 4 is 29.0 Å². The lowest BCUT2D eigenvalue weighted by Gasteiger charge is -2.31. The molecular formula is C23H24ClF2N5O. The van der Waals surface area contributed by atoms with Crippen molar-refractivity contribution in [2.45, 2.75) is 33.0 Å². The summed E-state index contributed by atoms with van der Waals surface area (Å²) in [6.07, 6.45) is 0. The molecule has 2 aromatic carbocycles. The lowest BCUT2D eigenvalue weighted by atomic mass is 10.0. The fourth-order valence-electron chi connectivity index (χ4n) is 3.66. The van der Waals surface area contributed by atoms with Gasteiger partial charge < -0.3 is 20.5 Å². The first kappa shape index (κ1) is 22.2. The molecule has 0 bridgehead atoms. The van der Waals surface area contributed by atoms with Crippen LogP contribution >= 0.6 is 11.6 Å². The van der Waals surface area contributed by atoms with Crippen molar-refractivity contribution in [1.29, 1.82) is 0 Å². The van der Waals surface area contributed by atoms with Gasteiger partial charge in [-0.1, -0.05) is 25.4 Å². The SMILES string of the molecule is CC(C)C(N)C(=O)N1CCn2c(nc(-c3ccc(F)cc3)c2Nc2ccc(Cl)c(F)c2)C1. The van der Waals surface area contributed by atoms with Gasteiger partial charge in [0.2, 0.25) is 5.91 Å². The van der Waals surface area contributed by atoms with E-state index in [0.717, 1.165) is 0 Å². The van der Waals surface area contributed by atoms with Crippen LogP contribution in [0.2, 0.25) is 5.02 Å². The highest BCUT2D eigenvalue weighted by Gasteiger charge is 2.30. The number of hydrogen-bond donors (Lipinski definition) is 2. The fraction of sp³-hybridized carbons (Fsp3) is 0.304. The molecule has 0 saturated carbocycles. The lowest BCUT2D eigenvalue weighted by molar-refractivity contribution is -0.135. The number of anilines is 2. The van der Waals surface area contributed by atoms with Crippen molar-refractivity contribution in [1.82, 2.24) is 14.5 Å². The normalized spacial score (nSPS) is 14.4. The Kier molecular flexibility index (Phi) is 6.17. The van der Waals surface area contributed by atoms with Crippen LogP contribution in [0, 0.1) is 17.6 Å². The first-order valence-corrected chi connectivity index (χ1v) is 10.7. The highest BCUT2D eigenvalue weighted by atomic mass is 35.5. The van der Waals surface area contributed by atoms with Gasteiger partial charge in [0.05, 0.1) is 17.6 Å². The van der Waals surface area contributed by atoms with Gasteiger partial charge >= 0.3 is 0 Å². The van der Waals surface area contributed by atoms with E-state index in [2.05, 4.69) is 5.32 Å². The molecule has 2 heterocycles. The molecule has 6 nitrogen and oxygen atoms in total. The highest BCUT2D eigenvalue weighted by molar-refractivity contribution is 6.30. The molecule has 4 rings (SSSR count). The van der Waals surface area contributed by atoms with E-state index in [9.17, 15) is 13.6 Å². The number of imidazole rings is 1. The Morgan fingerprint density at radius 2 is 1.88 bits per heavy atom. The van der Waals surface area contributed by atoms with Crippen molar-refractivity contribution < 1.29 is 13.6 Å². The van der Waals surface area contributed by atoms with Crippen LogP contribution in [0.3, 0.4) is 0 Å². The Balaban J connectivity index is 1.72. The number of halogens is 3. The minimum atomic E-state index is -0.581. The molecule has 1 aromatic heterocycles. The zero-order valence-electron chi connectivity index (χ0n) is 17.8. The number of nitrogens with one attached hydrogen (secondary N) is 1. The van der Waals surface area contributed by atoms with E-state index in [1.54, 1.807) is 23.1 Å². The summed E-state index contributed by atoms with van der Waals surface area (Å²) < 4.78 is 29.4. The summed E-state index contributed by atoms with van der Waals surface area (Å²) in [6.45, 7) is 5.07. The Morgan fingerprint density at radius 3 is 2.53 bits per heavy atom. The maximum atomic E-state index is 14.0. The molecule has 0 saturated heterocycles. The molecular weight excluding hydrogens is 436 g/mol. The van der Waals surface area contributed by atoms with Gasteiger partial charge in [-0.25, -0.2) is 13.8 Å². The third kappa shape index (κ3) is 4.33. The summed E-state index contributed by atoms with van der Waals surface area (Å²) in [7, 11) is 0. The van der Waals surface area contributed by atoms with E-state index in [-0.39, 0.29) is 22.7 Å². The van der Waals surface area contributed by atoms with Crippen molar-refractivity contribution in [3.63, 3.8) is 0 Å². The molecule has 0 aliphatic carbocycles. The monoisotopic (exact) mass is 459 g/mol. The molecule has 1 amide bonds. The minimum Gasteiger partial charge on any atom is -0.340 e. The average Bonchev–Trinajstić information content (AvgIpc) is 3.13. The largest absolute Gasteiger partial charge is 0.340 e. The number of rotatable bonds is 5. The topological polar surface area (TPSA) is 76.2 Å². The number of nitrogens with two attached hydrogens (primary N) is 1. The van der Waals surface area contributed by atoms with Crippen molar-refractivity contribution in [2.75, 3.05) is 11.9 Å². The second kappa shape index (κ2) is 8.88. The molecule has 9 heteroatoms. The molecule has 3 N–H and O–H groups in total. The van der Waals surface area contributed by atoms with Gasteiger partial charge in [-0.3, -0.25) is 4.79 Å². The van der Waals surface area contributed by atoms with Crippen LogP contribution in [-0.2, 0) is 17.9 Å². The molecule has 1 aliphatic rings. The predicted molar refractivity (Wildman–Crippen MR) is 121 cm³/mol. The van der Waals surface area contributed by atoms with Gasteiger partial charge in [-0.05, 0) is 48.4 Å².